The molecule has 1 saturated carbocycles. The molecular formula is C15H24N4OS. The number of thiazole rings is 1. The molecule has 21 heavy (non-hydrogen) atoms. The minimum atomic E-state index is 0.0534. The summed E-state index contributed by atoms with van der Waals surface area (Å²) in [5.74, 6) is 0.427. The lowest BCUT2D eigenvalue weighted by Crippen LogP contribution is -2.31. The second-order valence-corrected chi connectivity index (χ2v) is 7.33. The van der Waals surface area contributed by atoms with Crippen LogP contribution in [0.2, 0.25) is 0 Å². The Hall–Kier alpha value is -1.30. The third-order valence-electron chi connectivity index (χ3n) is 4.98. The summed E-state index contributed by atoms with van der Waals surface area (Å²) in [6.45, 7) is 6.12. The van der Waals surface area contributed by atoms with Crippen molar-refractivity contribution in [1.82, 2.24) is 9.88 Å². The predicted molar refractivity (Wildman–Crippen MR) is 86.7 cm³/mol. The Morgan fingerprint density at radius 3 is 2.76 bits per heavy atom. The number of nitrogens with zero attached hydrogens (tertiary/aromatic N) is 2. The Kier molecular flexibility index (Phi) is 3.82. The molecule has 2 heterocycles. The predicted octanol–water partition coefficient (Wildman–Crippen LogP) is 2.95. The van der Waals surface area contributed by atoms with Crippen LogP contribution in [-0.4, -0.2) is 34.9 Å². The number of nitrogens with one attached hydrogen (secondary N) is 1. The molecule has 3 N–H and O–H groups in total. The molecule has 1 amide bonds. The van der Waals surface area contributed by atoms with Crippen LogP contribution in [0.3, 0.4) is 0 Å². The molecule has 2 aliphatic rings. The number of rotatable bonds is 5. The number of hydrogen-bond donors (Lipinski definition) is 2. The van der Waals surface area contributed by atoms with Gasteiger partial charge in [0.05, 0.1) is 0 Å². The molecule has 1 aromatic heterocycles. The Morgan fingerprint density at radius 1 is 1.48 bits per heavy atom. The molecule has 0 spiro atoms. The molecule has 1 aliphatic carbocycles. The maximum Gasteiger partial charge on any atom is 0.267 e. The first-order chi connectivity index (χ1) is 10.1. The largest absolute Gasteiger partial charge is 0.382 e. The molecule has 5 nitrogen and oxygen atoms in total. The van der Waals surface area contributed by atoms with E-state index in [2.05, 4.69) is 24.1 Å². The average Bonchev–Trinajstić information content (AvgIpc) is 3.06. The maximum absolute atomic E-state index is 12.7. The van der Waals surface area contributed by atoms with E-state index in [1.165, 1.54) is 24.2 Å². The summed E-state index contributed by atoms with van der Waals surface area (Å²) < 4.78 is 0. The SMILES string of the molecule is CCC1(CC)CCN(C(=O)c2sc(NC3CC3)nc2N)C1. The second-order valence-electron chi connectivity index (χ2n) is 6.34. The molecule has 0 atom stereocenters. The molecular weight excluding hydrogens is 284 g/mol. The first kappa shape index (κ1) is 14.6. The van der Waals surface area contributed by atoms with E-state index in [1.807, 2.05) is 4.90 Å². The zero-order valence-electron chi connectivity index (χ0n) is 12.8. The standard InChI is InChI=1S/C15H24N4OS/c1-3-15(4-2)7-8-19(9-15)13(20)11-12(16)18-14(21-11)17-10-5-6-10/h10H,3-9,16H2,1-2H3,(H,17,18). The minimum Gasteiger partial charge on any atom is -0.382 e. The summed E-state index contributed by atoms with van der Waals surface area (Å²) >= 11 is 1.40. The zero-order chi connectivity index (χ0) is 15.0. The van der Waals surface area contributed by atoms with Crippen LogP contribution in [0.1, 0.15) is 55.6 Å². The summed E-state index contributed by atoms with van der Waals surface area (Å²) in [6.07, 6.45) is 5.71. The van der Waals surface area contributed by atoms with Crippen molar-refractivity contribution in [3.63, 3.8) is 0 Å². The summed E-state index contributed by atoms with van der Waals surface area (Å²) in [6, 6.07) is 0.526. The first-order valence-corrected chi connectivity index (χ1v) is 8.70. The van der Waals surface area contributed by atoms with Crippen molar-refractivity contribution < 1.29 is 4.79 Å². The molecule has 3 rings (SSSR count). The lowest BCUT2D eigenvalue weighted by atomic mass is 9.82. The maximum atomic E-state index is 12.7. The van der Waals surface area contributed by atoms with Crippen LogP contribution in [0, 0.1) is 5.41 Å². The Morgan fingerprint density at radius 2 is 2.19 bits per heavy atom. The van der Waals surface area contributed by atoms with Gasteiger partial charge in [0.25, 0.3) is 5.91 Å². The molecule has 0 aromatic carbocycles. The fourth-order valence-corrected chi connectivity index (χ4v) is 3.96. The van der Waals surface area contributed by atoms with Crippen molar-refractivity contribution in [2.75, 3.05) is 24.1 Å². The fraction of sp³-hybridized carbons (Fsp3) is 0.733. The van der Waals surface area contributed by atoms with Crippen LogP contribution in [0.5, 0.6) is 0 Å². The van der Waals surface area contributed by atoms with Crippen LogP contribution in [0.15, 0.2) is 0 Å². The lowest BCUT2D eigenvalue weighted by Gasteiger charge is -2.26. The van der Waals surface area contributed by atoms with Gasteiger partial charge in [0, 0.05) is 19.1 Å². The van der Waals surface area contributed by atoms with E-state index < -0.39 is 0 Å². The smallest absolute Gasteiger partial charge is 0.267 e. The quantitative estimate of drug-likeness (QED) is 0.877. The van der Waals surface area contributed by atoms with Crippen molar-refractivity contribution in [3.05, 3.63) is 4.88 Å². The van der Waals surface area contributed by atoms with E-state index in [1.54, 1.807) is 0 Å². The van der Waals surface area contributed by atoms with Crippen LogP contribution < -0.4 is 11.1 Å². The molecule has 116 valence electrons. The normalized spacial score (nSPS) is 20.8. The highest BCUT2D eigenvalue weighted by atomic mass is 32.1. The first-order valence-electron chi connectivity index (χ1n) is 7.89. The van der Waals surface area contributed by atoms with Gasteiger partial charge >= 0.3 is 0 Å². The molecule has 1 aromatic rings. The molecule has 0 radical (unpaired) electrons. The van der Waals surface area contributed by atoms with Crippen molar-refractivity contribution in [2.45, 2.75) is 52.0 Å². The number of nitrogen functional groups attached to an aromatic ring is 1. The van der Waals surface area contributed by atoms with Crippen LogP contribution >= 0.6 is 11.3 Å². The molecule has 0 bridgehead atoms. The molecule has 6 heteroatoms. The highest BCUT2D eigenvalue weighted by Gasteiger charge is 2.38. The lowest BCUT2D eigenvalue weighted by molar-refractivity contribution is 0.0775. The van der Waals surface area contributed by atoms with Crippen molar-refractivity contribution in [2.24, 2.45) is 5.41 Å². The number of carbonyl (C=O) groups excluding carboxylic acids is 1. The molecule has 0 unspecified atom stereocenters. The Labute approximate surface area is 129 Å². The summed E-state index contributed by atoms with van der Waals surface area (Å²) in [4.78, 5) is 19.5. The van der Waals surface area contributed by atoms with Crippen LogP contribution in [-0.2, 0) is 0 Å². The van der Waals surface area contributed by atoms with Gasteiger partial charge in [-0.3, -0.25) is 4.79 Å². The number of aromatic nitrogens is 1. The second kappa shape index (κ2) is 5.48. The van der Waals surface area contributed by atoms with Gasteiger partial charge in [-0.25, -0.2) is 4.98 Å². The van der Waals surface area contributed by atoms with E-state index in [0.717, 1.165) is 37.5 Å². The van der Waals surface area contributed by atoms with E-state index in [4.69, 9.17) is 5.73 Å². The number of likely N-dealkylation sites (tertiary alicyclic amines) is 1. The van der Waals surface area contributed by atoms with Crippen molar-refractivity contribution in [3.8, 4) is 0 Å². The monoisotopic (exact) mass is 308 g/mol. The van der Waals surface area contributed by atoms with Gasteiger partial charge in [0.1, 0.15) is 10.7 Å². The van der Waals surface area contributed by atoms with E-state index in [-0.39, 0.29) is 5.91 Å². The van der Waals surface area contributed by atoms with Gasteiger partial charge in [-0.2, -0.15) is 0 Å². The van der Waals surface area contributed by atoms with E-state index in [0.29, 0.717) is 22.2 Å². The van der Waals surface area contributed by atoms with Crippen LogP contribution in [0.4, 0.5) is 10.9 Å². The van der Waals surface area contributed by atoms with Gasteiger partial charge in [0.2, 0.25) is 0 Å². The van der Waals surface area contributed by atoms with Crippen LogP contribution in [0.25, 0.3) is 0 Å². The number of carbonyl (C=O) groups is 1. The zero-order valence-corrected chi connectivity index (χ0v) is 13.6. The highest BCUT2D eigenvalue weighted by Crippen LogP contribution is 2.39. The van der Waals surface area contributed by atoms with Crippen molar-refractivity contribution in [1.29, 1.82) is 0 Å². The Bertz CT molecular complexity index is 534. The average molecular weight is 308 g/mol. The van der Waals surface area contributed by atoms with Gasteiger partial charge in [0.15, 0.2) is 5.13 Å². The molecule has 2 fully saturated rings. The number of amides is 1. The summed E-state index contributed by atoms with van der Waals surface area (Å²) in [7, 11) is 0. The molecule has 1 saturated heterocycles. The van der Waals surface area contributed by atoms with Crippen molar-refractivity contribution >= 4 is 28.2 Å². The van der Waals surface area contributed by atoms with Gasteiger partial charge < -0.3 is 16.0 Å². The highest BCUT2D eigenvalue weighted by molar-refractivity contribution is 7.18. The third kappa shape index (κ3) is 2.86. The van der Waals surface area contributed by atoms with Gasteiger partial charge in [-0.1, -0.05) is 25.2 Å². The van der Waals surface area contributed by atoms with E-state index in [9.17, 15) is 4.79 Å². The van der Waals surface area contributed by atoms with Gasteiger partial charge in [-0.15, -0.1) is 0 Å². The summed E-state index contributed by atoms with van der Waals surface area (Å²) in [5, 5.41) is 4.10. The number of anilines is 2. The fourth-order valence-electron chi connectivity index (χ4n) is 3.03. The number of nitrogens with two attached hydrogens (primary N) is 1. The van der Waals surface area contributed by atoms with Gasteiger partial charge in [-0.05, 0) is 37.5 Å². The molecule has 1 aliphatic heterocycles. The Balaban J connectivity index is 1.71. The minimum absolute atomic E-state index is 0.0534. The number of hydrogen-bond acceptors (Lipinski definition) is 5. The third-order valence-corrected chi connectivity index (χ3v) is 5.97. The topological polar surface area (TPSA) is 71.2 Å². The summed E-state index contributed by atoms with van der Waals surface area (Å²) in [5.41, 5.74) is 6.25. The van der Waals surface area contributed by atoms with E-state index >= 15 is 0 Å².